The van der Waals surface area contributed by atoms with E-state index in [0.29, 0.717) is 11.5 Å². The van der Waals surface area contributed by atoms with Gasteiger partial charge in [0.05, 0.1) is 6.26 Å². The fourth-order valence-electron chi connectivity index (χ4n) is 4.07. The van der Waals surface area contributed by atoms with Gasteiger partial charge < -0.3 is 14.6 Å². The van der Waals surface area contributed by atoms with Crippen molar-refractivity contribution in [2.24, 2.45) is 5.92 Å². The van der Waals surface area contributed by atoms with Gasteiger partial charge in [-0.2, -0.15) is 0 Å². The van der Waals surface area contributed by atoms with Crippen LogP contribution in [0.4, 0.5) is 0 Å². The van der Waals surface area contributed by atoms with Gasteiger partial charge >= 0.3 is 0 Å². The van der Waals surface area contributed by atoms with Crippen LogP contribution in [0, 0.1) is 5.92 Å². The zero-order valence-electron chi connectivity index (χ0n) is 13.8. The maximum atomic E-state index is 12.6. The molecule has 1 unspecified atom stereocenters. The Kier molecular flexibility index (Phi) is 3.64. The molecule has 0 radical (unpaired) electrons. The van der Waals surface area contributed by atoms with Crippen molar-refractivity contribution in [1.82, 2.24) is 10.2 Å². The zero-order chi connectivity index (χ0) is 16.0. The van der Waals surface area contributed by atoms with E-state index in [0.717, 1.165) is 29.9 Å². The van der Waals surface area contributed by atoms with Crippen LogP contribution in [0.2, 0.25) is 0 Å². The molecule has 2 bridgehead atoms. The highest BCUT2D eigenvalue weighted by atomic mass is 16.3. The van der Waals surface area contributed by atoms with Crippen molar-refractivity contribution in [3.8, 4) is 0 Å². The number of nitrogens with zero attached hydrogens (tertiary/aromatic N) is 1. The Bertz CT molecular complexity index is 722. The molecule has 2 fully saturated rings. The monoisotopic (exact) mass is 312 g/mol. The predicted molar refractivity (Wildman–Crippen MR) is 90.7 cm³/mol. The highest BCUT2D eigenvalue weighted by molar-refractivity contribution is 5.98. The molecule has 0 saturated carbocycles. The minimum atomic E-state index is 0.0156. The first-order chi connectivity index (χ1) is 11.1. The molecule has 1 N–H and O–H groups in total. The summed E-state index contributed by atoms with van der Waals surface area (Å²) in [4.78, 5) is 15.0. The molecule has 2 aromatic rings. The molecule has 1 aromatic heterocycles. The minimum Gasteiger partial charge on any atom is -0.464 e. The highest BCUT2D eigenvalue weighted by Crippen LogP contribution is 2.29. The van der Waals surface area contributed by atoms with Gasteiger partial charge in [-0.15, -0.1) is 0 Å². The Morgan fingerprint density at radius 2 is 2.22 bits per heavy atom. The molecule has 2 saturated heterocycles. The quantitative estimate of drug-likeness (QED) is 0.945. The molecule has 1 amide bonds. The Balaban J connectivity index is 1.51. The van der Waals surface area contributed by atoms with Crippen LogP contribution in [-0.4, -0.2) is 36.5 Å². The van der Waals surface area contributed by atoms with Gasteiger partial charge in [0, 0.05) is 35.6 Å². The number of benzene rings is 1. The number of hydrogen-bond donors (Lipinski definition) is 1. The van der Waals surface area contributed by atoms with Gasteiger partial charge in [-0.1, -0.05) is 19.9 Å². The van der Waals surface area contributed by atoms with E-state index >= 15 is 0 Å². The van der Waals surface area contributed by atoms with Crippen molar-refractivity contribution in [3.05, 3.63) is 35.6 Å². The third-order valence-electron chi connectivity index (χ3n) is 5.29. The average molecular weight is 312 g/mol. The van der Waals surface area contributed by atoms with Gasteiger partial charge in [-0.3, -0.25) is 4.79 Å². The van der Waals surface area contributed by atoms with Crippen molar-refractivity contribution in [2.45, 2.75) is 38.6 Å². The van der Waals surface area contributed by atoms with Crippen molar-refractivity contribution in [1.29, 1.82) is 0 Å². The maximum Gasteiger partial charge on any atom is 0.251 e. The first kappa shape index (κ1) is 14.8. The number of nitrogens with one attached hydrogen (secondary N) is 1. The molecule has 3 heterocycles. The lowest BCUT2D eigenvalue weighted by Crippen LogP contribution is -2.47. The molecule has 1 aromatic carbocycles. The average Bonchev–Trinajstić information content (AvgIpc) is 3.09. The van der Waals surface area contributed by atoms with Gasteiger partial charge in [0.1, 0.15) is 5.58 Å². The summed E-state index contributed by atoms with van der Waals surface area (Å²) in [6.07, 6.45) is 4.20. The summed E-state index contributed by atoms with van der Waals surface area (Å²) in [6, 6.07) is 6.07. The van der Waals surface area contributed by atoms with Gasteiger partial charge in [0.15, 0.2) is 0 Å². The molecule has 2 aliphatic heterocycles. The molecule has 0 spiro atoms. The minimum absolute atomic E-state index is 0.0156. The van der Waals surface area contributed by atoms with Gasteiger partial charge in [-0.05, 0) is 43.4 Å². The van der Waals surface area contributed by atoms with E-state index in [1.54, 1.807) is 0 Å². The van der Waals surface area contributed by atoms with Crippen molar-refractivity contribution < 1.29 is 9.21 Å². The Morgan fingerprint density at radius 3 is 3.00 bits per heavy atom. The fourth-order valence-corrected chi connectivity index (χ4v) is 4.07. The Morgan fingerprint density at radius 1 is 1.35 bits per heavy atom. The van der Waals surface area contributed by atoms with E-state index in [-0.39, 0.29) is 11.9 Å². The Hall–Kier alpha value is -1.81. The number of carbonyl (C=O) groups excluding carboxylic acids is 1. The molecule has 3 atom stereocenters. The molecule has 0 aliphatic carbocycles. The fraction of sp³-hybridized carbons (Fsp3) is 0.526. The molecule has 2 aliphatic rings. The number of carbonyl (C=O) groups is 1. The summed E-state index contributed by atoms with van der Waals surface area (Å²) < 4.78 is 5.65. The first-order valence-electron chi connectivity index (χ1n) is 8.64. The molecule has 23 heavy (non-hydrogen) atoms. The molecule has 4 nitrogen and oxygen atoms in total. The summed E-state index contributed by atoms with van der Waals surface area (Å²) in [6.45, 7) is 7.69. The van der Waals surface area contributed by atoms with Crippen LogP contribution in [0.3, 0.4) is 0 Å². The van der Waals surface area contributed by atoms with Crippen molar-refractivity contribution >= 4 is 16.9 Å². The smallest absolute Gasteiger partial charge is 0.251 e. The third kappa shape index (κ3) is 2.76. The van der Waals surface area contributed by atoms with Gasteiger partial charge in [-0.25, -0.2) is 0 Å². The van der Waals surface area contributed by atoms with Crippen LogP contribution in [0.15, 0.2) is 28.9 Å². The van der Waals surface area contributed by atoms with Crippen LogP contribution in [0.1, 0.15) is 48.5 Å². The number of fused-ring (bicyclic) bond motifs is 3. The molecule has 4 rings (SSSR count). The van der Waals surface area contributed by atoms with Crippen molar-refractivity contribution in [3.63, 3.8) is 0 Å². The summed E-state index contributed by atoms with van der Waals surface area (Å²) in [5, 5.41) is 4.32. The normalized spacial score (nSPS) is 26.8. The highest BCUT2D eigenvalue weighted by Gasteiger charge is 2.33. The van der Waals surface area contributed by atoms with E-state index in [4.69, 9.17) is 4.42 Å². The summed E-state index contributed by atoms with van der Waals surface area (Å²) in [7, 11) is 0. The largest absolute Gasteiger partial charge is 0.464 e. The number of rotatable bonds is 3. The van der Waals surface area contributed by atoms with Crippen LogP contribution in [-0.2, 0) is 0 Å². The van der Waals surface area contributed by atoms with Gasteiger partial charge in [0.2, 0.25) is 0 Å². The topological polar surface area (TPSA) is 45.5 Å². The van der Waals surface area contributed by atoms with Crippen LogP contribution in [0.25, 0.3) is 11.0 Å². The second-order valence-electron chi connectivity index (χ2n) is 7.38. The van der Waals surface area contributed by atoms with E-state index in [1.807, 2.05) is 24.5 Å². The van der Waals surface area contributed by atoms with E-state index in [1.165, 1.54) is 25.1 Å². The summed E-state index contributed by atoms with van der Waals surface area (Å²) in [5.41, 5.74) is 2.69. The standard InChI is InChI=1S/C19H24N2O2/c1-12(2)17-11-23-18-8-14(3-4-16(17)18)19(22)20-15-7-13-5-6-21(9-13)10-15/h3-4,8,11-13,15H,5-7,9-10H2,1-2H3,(H,20,22)/t13-,15+/m0/s1. The molecular weight excluding hydrogens is 288 g/mol. The molecular formula is C19H24N2O2. The zero-order valence-corrected chi connectivity index (χ0v) is 13.8. The number of piperidine rings is 1. The number of hydrogen-bond acceptors (Lipinski definition) is 3. The third-order valence-corrected chi connectivity index (χ3v) is 5.29. The van der Waals surface area contributed by atoms with Crippen molar-refractivity contribution in [2.75, 3.05) is 19.6 Å². The summed E-state index contributed by atoms with van der Waals surface area (Å²) in [5.74, 6) is 1.19. The van der Waals surface area contributed by atoms with E-state index in [9.17, 15) is 4.79 Å². The summed E-state index contributed by atoms with van der Waals surface area (Å²) >= 11 is 0. The van der Waals surface area contributed by atoms with Crippen LogP contribution >= 0.6 is 0 Å². The SMILES string of the molecule is CC(C)c1coc2cc(C(=O)N[C@@H]3C[C@@H]4CCN(C4)C3)ccc12. The lowest BCUT2D eigenvalue weighted by atomic mass is 9.96. The molecule has 4 heteroatoms. The van der Waals surface area contributed by atoms with E-state index in [2.05, 4.69) is 24.1 Å². The van der Waals surface area contributed by atoms with Gasteiger partial charge in [0.25, 0.3) is 5.91 Å². The second kappa shape index (κ2) is 5.68. The second-order valence-corrected chi connectivity index (χ2v) is 7.38. The number of furan rings is 1. The van der Waals surface area contributed by atoms with E-state index < -0.39 is 0 Å². The maximum absolute atomic E-state index is 12.6. The van der Waals surface area contributed by atoms with Crippen LogP contribution in [0.5, 0.6) is 0 Å². The van der Waals surface area contributed by atoms with Crippen LogP contribution < -0.4 is 5.32 Å². The lowest BCUT2D eigenvalue weighted by molar-refractivity contribution is 0.0909. The molecule has 122 valence electrons. The Labute approximate surface area is 136 Å². The predicted octanol–water partition coefficient (Wildman–Crippen LogP) is 3.38. The number of amides is 1. The first-order valence-corrected chi connectivity index (χ1v) is 8.64. The lowest BCUT2D eigenvalue weighted by Gasteiger charge is -2.30.